The molecule has 0 bridgehead atoms. The van der Waals surface area contributed by atoms with Crippen LogP contribution in [0.25, 0.3) is 0 Å². The summed E-state index contributed by atoms with van der Waals surface area (Å²) in [5.41, 5.74) is 5.40. The molecule has 0 aromatic heterocycles. The summed E-state index contributed by atoms with van der Waals surface area (Å²) in [7, 11) is 1.65. The van der Waals surface area contributed by atoms with Gasteiger partial charge in [0.2, 0.25) is 0 Å². The van der Waals surface area contributed by atoms with Gasteiger partial charge in [0.15, 0.2) is 0 Å². The van der Waals surface area contributed by atoms with Crippen LogP contribution in [0.2, 0.25) is 0 Å². The third-order valence-corrected chi connectivity index (χ3v) is 2.16. The molecule has 0 saturated carbocycles. The number of hydrogen-bond donors (Lipinski definition) is 1. The third kappa shape index (κ3) is 4.70. The minimum atomic E-state index is 0.743. The van der Waals surface area contributed by atoms with E-state index in [-0.39, 0.29) is 0 Å². The molecule has 1 aromatic carbocycles. The van der Waals surface area contributed by atoms with Gasteiger partial charge in [0.25, 0.3) is 0 Å². The van der Waals surface area contributed by atoms with Crippen molar-refractivity contribution >= 4 is 0 Å². The van der Waals surface area contributed by atoms with Crippen molar-refractivity contribution in [2.24, 2.45) is 5.73 Å². The minimum Gasteiger partial charge on any atom is -0.497 e. The molecule has 1 rings (SSSR count). The molecule has 0 radical (unpaired) electrons. The summed E-state index contributed by atoms with van der Waals surface area (Å²) in [6, 6.07) is 7.66. The molecule has 0 aliphatic carbocycles. The zero-order valence-corrected chi connectivity index (χ0v) is 9.24. The van der Waals surface area contributed by atoms with Crippen molar-refractivity contribution in [3.8, 4) is 11.5 Å². The molecule has 0 aliphatic heterocycles. The fraction of sp³-hybridized carbons (Fsp3) is 0.500. The van der Waals surface area contributed by atoms with Gasteiger partial charge >= 0.3 is 0 Å². The maximum absolute atomic E-state index is 5.57. The first-order valence-corrected chi connectivity index (χ1v) is 5.33. The number of nitrogens with two attached hydrogens (primary N) is 1. The van der Waals surface area contributed by atoms with Crippen molar-refractivity contribution in [2.45, 2.75) is 19.3 Å². The molecule has 84 valence electrons. The molecule has 0 fully saturated rings. The van der Waals surface area contributed by atoms with Gasteiger partial charge in [-0.2, -0.15) is 0 Å². The van der Waals surface area contributed by atoms with Gasteiger partial charge < -0.3 is 15.2 Å². The lowest BCUT2D eigenvalue weighted by Crippen LogP contribution is -2.01. The minimum absolute atomic E-state index is 0.743. The summed E-state index contributed by atoms with van der Waals surface area (Å²) in [6.45, 7) is 1.51. The van der Waals surface area contributed by atoms with Gasteiger partial charge in [-0.1, -0.05) is 6.07 Å². The molecule has 0 saturated heterocycles. The molecule has 3 nitrogen and oxygen atoms in total. The first kappa shape index (κ1) is 11.9. The molecular weight excluding hydrogens is 190 g/mol. The summed E-state index contributed by atoms with van der Waals surface area (Å²) in [5, 5.41) is 0. The predicted octanol–water partition coefficient (Wildman–Crippen LogP) is 2.20. The Balaban J connectivity index is 2.24. The SMILES string of the molecule is COc1cccc(OCCCCCN)c1. The van der Waals surface area contributed by atoms with Crippen molar-refractivity contribution in [2.75, 3.05) is 20.3 Å². The molecule has 0 unspecified atom stereocenters. The van der Waals surface area contributed by atoms with E-state index in [1.807, 2.05) is 24.3 Å². The monoisotopic (exact) mass is 209 g/mol. The summed E-state index contributed by atoms with van der Waals surface area (Å²) < 4.78 is 10.7. The van der Waals surface area contributed by atoms with Crippen LogP contribution in [0.1, 0.15) is 19.3 Å². The molecule has 1 aromatic rings. The number of hydrogen-bond acceptors (Lipinski definition) is 3. The van der Waals surface area contributed by atoms with Gasteiger partial charge in [-0.25, -0.2) is 0 Å². The Morgan fingerprint density at radius 2 is 1.93 bits per heavy atom. The van der Waals surface area contributed by atoms with E-state index in [1.54, 1.807) is 7.11 Å². The van der Waals surface area contributed by atoms with Crippen LogP contribution in [0.5, 0.6) is 11.5 Å². The second-order valence-electron chi connectivity index (χ2n) is 3.38. The van der Waals surface area contributed by atoms with Crippen LogP contribution in [0.4, 0.5) is 0 Å². The predicted molar refractivity (Wildman–Crippen MR) is 61.4 cm³/mol. The summed E-state index contributed by atoms with van der Waals surface area (Å²) in [6.07, 6.45) is 3.25. The topological polar surface area (TPSA) is 44.5 Å². The number of benzene rings is 1. The quantitative estimate of drug-likeness (QED) is 0.700. The van der Waals surface area contributed by atoms with Crippen LogP contribution in [0.3, 0.4) is 0 Å². The highest BCUT2D eigenvalue weighted by molar-refractivity contribution is 5.32. The standard InChI is InChI=1S/C12H19NO2/c1-14-11-6-5-7-12(10-11)15-9-4-2-3-8-13/h5-7,10H,2-4,8-9,13H2,1H3. The fourth-order valence-corrected chi connectivity index (χ4v) is 1.30. The fourth-order valence-electron chi connectivity index (χ4n) is 1.30. The second kappa shape index (κ2) is 7.12. The van der Waals surface area contributed by atoms with Gasteiger partial charge in [0.1, 0.15) is 11.5 Å². The highest BCUT2D eigenvalue weighted by atomic mass is 16.5. The zero-order valence-electron chi connectivity index (χ0n) is 9.24. The van der Waals surface area contributed by atoms with E-state index in [0.29, 0.717) is 0 Å². The maximum Gasteiger partial charge on any atom is 0.122 e. The van der Waals surface area contributed by atoms with Crippen LogP contribution in [-0.4, -0.2) is 20.3 Å². The lowest BCUT2D eigenvalue weighted by atomic mass is 10.2. The molecule has 0 spiro atoms. The molecule has 0 amide bonds. The Labute approximate surface area is 91.2 Å². The van der Waals surface area contributed by atoms with Gasteiger partial charge in [-0.05, 0) is 37.9 Å². The van der Waals surface area contributed by atoms with Gasteiger partial charge in [-0.3, -0.25) is 0 Å². The molecule has 0 heterocycles. The average Bonchev–Trinajstić information content (AvgIpc) is 2.29. The summed E-state index contributed by atoms with van der Waals surface area (Å²) >= 11 is 0. The second-order valence-corrected chi connectivity index (χ2v) is 3.38. The number of ether oxygens (including phenoxy) is 2. The molecular formula is C12H19NO2. The average molecular weight is 209 g/mol. The Morgan fingerprint density at radius 3 is 2.67 bits per heavy atom. The largest absolute Gasteiger partial charge is 0.497 e. The van der Waals surface area contributed by atoms with E-state index in [9.17, 15) is 0 Å². The number of methoxy groups -OCH3 is 1. The Hall–Kier alpha value is -1.22. The molecule has 0 aliphatic rings. The highest BCUT2D eigenvalue weighted by Crippen LogP contribution is 2.18. The summed E-state index contributed by atoms with van der Waals surface area (Å²) in [4.78, 5) is 0. The Bertz CT molecular complexity index is 276. The number of rotatable bonds is 7. The van der Waals surface area contributed by atoms with Gasteiger partial charge in [0, 0.05) is 6.07 Å². The molecule has 0 atom stereocenters. The summed E-state index contributed by atoms with van der Waals surface area (Å²) in [5.74, 6) is 1.69. The zero-order chi connectivity index (χ0) is 10.9. The van der Waals surface area contributed by atoms with Crippen LogP contribution < -0.4 is 15.2 Å². The molecule has 2 N–H and O–H groups in total. The highest BCUT2D eigenvalue weighted by Gasteiger charge is 1.96. The van der Waals surface area contributed by atoms with Crippen molar-refractivity contribution in [3.05, 3.63) is 24.3 Å². The Kier molecular flexibility index (Phi) is 5.63. The maximum atomic E-state index is 5.57. The van der Waals surface area contributed by atoms with E-state index in [2.05, 4.69) is 0 Å². The van der Waals surface area contributed by atoms with Crippen LogP contribution in [0.15, 0.2) is 24.3 Å². The first-order chi connectivity index (χ1) is 7.36. The first-order valence-electron chi connectivity index (χ1n) is 5.33. The smallest absolute Gasteiger partial charge is 0.122 e. The van der Waals surface area contributed by atoms with Gasteiger partial charge in [-0.15, -0.1) is 0 Å². The van der Waals surface area contributed by atoms with Crippen molar-refractivity contribution in [1.82, 2.24) is 0 Å². The van der Waals surface area contributed by atoms with E-state index in [4.69, 9.17) is 15.2 Å². The molecule has 15 heavy (non-hydrogen) atoms. The van der Waals surface area contributed by atoms with Crippen molar-refractivity contribution in [3.63, 3.8) is 0 Å². The lowest BCUT2D eigenvalue weighted by molar-refractivity contribution is 0.303. The normalized spacial score (nSPS) is 10.0. The van der Waals surface area contributed by atoms with Gasteiger partial charge in [0.05, 0.1) is 13.7 Å². The Morgan fingerprint density at radius 1 is 1.13 bits per heavy atom. The number of unbranched alkanes of at least 4 members (excludes halogenated alkanes) is 2. The van der Waals surface area contributed by atoms with E-state index in [0.717, 1.165) is 43.9 Å². The van der Waals surface area contributed by atoms with Crippen LogP contribution in [-0.2, 0) is 0 Å². The van der Waals surface area contributed by atoms with E-state index < -0.39 is 0 Å². The molecule has 3 heteroatoms. The lowest BCUT2D eigenvalue weighted by Gasteiger charge is -2.07. The van der Waals surface area contributed by atoms with Crippen LogP contribution >= 0.6 is 0 Å². The van der Waals surface area contributed by atoms with E-state index in [1.165, 1.54) is 0 Å². The van der Waals surface area contributed by atoms with Crippen molar-refractivity contribution < 1.29 is 9.47 Å². The van der Waals surface area contributed by atoms with E-state index >= 15 is 0 Å². The van der Waals surface area contributed by atoms with Crippen molar-refractivity contribution in [1.29, 1.82) is 0 Å². The van der Waals surface area contributed by atoms with Crippen LogP contribution in [0, 0.1) is 0 Å². The third-order valence-electron chi connectivity index (χ3n) is 2.16.